The molecule has 0 radical (unpaired) electrons. The van der Waals surface area contributed by atoms with Gasteiger partial charge in [0, 0.05) is 38.4 Å². The molecule has 1 aromatic carbocycles. The number of nitrogens with one attached hydrogen (secondary N) is 1. The highest BCUT2D eigenvalue weighted by Gasteiger charge is 2.17. The Labute approximate surface area is 132 Å². The van der Waals surface area contributed by atoms with E-state index in [1.54, 1.807) is 0 Å². The average molecular weight is 307 g/mol. The second-order valence-corrected chi connectivity index (χ2v) is 5.61. The highest BCUT2D eigenvalue weighted by Crippen LogP contribution is 2.16. The molecule has 1 fully saturated rings. The summed E-state index contributed by atoms with van der Waals surface area (Å²) >= 11 is 0. The summed E-state index contributed by atoms with van der Waals surface area (Å²) in [5, 5.41) is 7.99. The van der Waals surface area contributed by atoms with Gasteiger partial charge in [0.1, 0.15) is 0 Å². The number of benzene rings is 1. The molecule has 5 heteroatoms. The molecule has 0 bridgehead atoms. The number of aryl methyl sites for hydroxylation is 1. The molecular weight excluding hydrogens is 284 g/mol. The van der Waals surface area contributed by atoms with E-state index < -0.39 is 0 Å². The maximum Gasteiger partial charge on any atom is 0.0678 e. The number of rotatable bonds is 3. The van der Waals surface area contributed by atoms with E-state index in [2.05, 4.69) is 64.2 Å². The molecule has 1 N–H and O–H groups in total. The van der Waals surface area contributed by atoms with Gasteiger partial charge in [-0.05, 0) is 31.5 Å². The number of para-hydroxylation sites is 1. The van der Waals surface area contributed by atoms with Gasteiger partial charge in [0.05, 0.1) is 11.4 Å². The minimum absolute atomic E-state index is 0. The van der Waals surface area contributed by atoms with Gasteiger partial charge in [0.15, 0.2) is 0 Å². The Morgan fingerprint density at radius 2 is 2.10 bits per heavy atom. The van der Waals surface area contributed by atoms with Crippen molar-refractivity contribution >= 4 is 12.4 Å². The molecule has 2 aromatic rings. The standard InChI is InChI=1S/C16H22N4.ClH/c1-13-5-3-4-6-16(13)20-15(7-8-18-20)12-19-10-9-17-14(2)11-19;/h3-8,14,17H,9-12H2,1-2H3;1H/t14-;/m1./s1. The van der Waals surface area contributed by atoms with E-state index >= 15 is 0 Å². The van der Waals surface area contributed by atoms with E-state index in [0.29, 0.717) is 6.04 Å². The van der Waals surface area contributed by atoms with Crippen LogP contribution in [0, 0.1) is 6.92 Å². The summed E-state index contributed by atoms with van der Waals surface area (Å²) in [6, 6.07) is 11.1. The van der Waals surface area contributed by atoms with E-state index in [1.807, 2.05) is 6.20 Å². The number of hydrogen-bond acceptors (Lipinski definition) is 3. The minimum Gasteiger partial charge on any atom is -0.312 e. The number of hydrogen-bond donors (Lipinski definition) is 1. The molecule has 1 aromatic heterocycles. The topological polar surface area (TPSA) is 33.1 Å². The third kappa shape index (κ3) is 3.64. The van der Waals surface area contributed by atoms with Crippen molar-refractivity contribution in [1.82, 2.24) is 20.0 Å². The second-order valence-electron chi connectivity index (χ2n) is 5.61. The quantitative estimate of drug-likeness (QED) is 0.945. The Balaban J connectivity index is 0.00000161. The molecule has 114 valence electrons. The lowest BCUT2D eigenvalue weighted by Gasteiger charge is -2.31. The van der Waals surface area contributed by atoms with Gasteiger partial charge < -0.3 is 5.32 Å². The summed E-state index contributed by atoms with van der Waals surface area (Å²) in [4.78, 5) is 2.49. The van der Waals surface area contributed by atoms with Crippen LogP contribution in [0.25, 0.3) is 5.69 Å². The van der Waals surface area contributed by atoms with E-state index in [0.717, 1.165) is 26.2 Å². The first-order valence-corrected chi connectivity index (χ1v) is 7.28. The first kappa shape index (κ1) is 16.0. The van der Waals surface area contributed by atoms with Gasteiger partial charge in [-0.15, -0.1) is 12.4 Å². The Hall–Kier alpha value is -1.36. The Morgan fingerprint density at radius 3 is 2.86 bits per heavy atom. The zero-order valence-corrected chi connectivity index (χ0v) is 13.4. The predicted octanol–water partition coefficient (Wildman–Crippen LogP) is 2.40. The zero-order chi connectivity index (χ0) is 13.9. The van der Waals surface area contributed by atoms with E-state index in [4.69, 9.17) is 0 Å². The van der Waals surface area contributed by atoms with Crippen LogP contribution >= 0.6 is 12.4 Å². The van der Waals surface area contributed by atoms with Crippen LogP contribution in [0.5, 0.6) is 0 Å². The van der Waals surface area contributed by atoms with Gasteiger partial charge in [-0.3, -0.25) is 4.90 Å². The van der Waals surface area contributed by atoms with Crippen molar-refractivity contribution in [1.29, 1.82) is 0 Å². The van der Waals surface area contributed by atoms with E-state index in [9.17, 15) is 0 Å². The summed E-state index contributed by atoms with van der Waals surface area (Å²) in [5.41, 5.74) is 3.69. The number of aromatic nitrogens is 2. The van der Waals surface area contributed by atoms with E-state index in [1.165, 1.54) is 16.9 Å². The van der Waals surface area contributed by atoms with Crippen LogP contribution < -0.4 is 5.32 Å². The second kappa shape index (κ2) is 7.07. The molecule has 3 rings (SSSR count). The zero-order valence-electron chi connectivity index (χ0n) is 12.6. The third-order valence-electron chi connectivity index (χ3n) is 3.90. The number of halogens is 1. The van der Waals surface area contributed by atoms with Crippen LogP contribution in [0.1, 0.15) is 18.2 Å². The molecule has 0 spiro atoms. The predicted molar refractivity (Wildman–Crippen MR) is 88.3 cm³/mol. The van der Waals surface area contributed by atoms with Crippen LogP contribution in [-0.2, 0) is 6.54 Å². The fraction of sp³-hybridized carbons (Fsp3) is 0.438. The normalized spacial score (nSPS) is 19.2. The van der Waals surface area contributed by atoms with Crippen molar-refractivity contribution in [2.45, 2.75) is 26.4 Å². The molecule has 0 amide bonds. The molecular formula is C16H23ClN4. The molecule has 4 nitrogen and oxygen atoms in total. The molecule has 0 saturated carbocycles. The lowest BCUT2D eigenvalue weighted by Crippen LogP contribution is -2.48. The Morgan fingerprint density at radius 1 is 1.29 bits per heavy atom. The summed E-state index contributed by atoms with van der Waals surface area (Å²) in [5.74, 6) is 0. The molecule has 0 aliphatic carbocycles. The summed E-state index contributed by atoms with van der Waals surface area (Å²) in [6.07, 6.45) is 1.90. The maximum absolute atomic E-state index is 4.51. The fourth-order valence-corrected chi connectivity index (χ4v) is 2.85. The average Bonchev–Trinajstić information content (AvgIpc) is 2.87. The highest BCUT2D eigenvalue weighted by molar-refractivity contribution is 5.85. The lowest BCUT2D eigenvalue weighted by molar-refractivity contribution is 0.196. The first-order valence-electron chi connectivity index (χ1n) is 7.28. The molecule has 0 unspecified atom stereocenters. The van der Waals surface area contributed by atoms with Crippen molar-refractivity contribution in [2.24, 2.45) is 0 Å². The molecule has 1 atom stereocenters. The molecule has 1 aliphatic heterocycles. The van der Waals surface area contributed by atoms with Crippen molar-refractivity contribution in [3.63, 3.8) is 0 Å². The van der Waals surface area contributed by atoms with Crippen LogP contribution in [0.15, 0.2) is 36.5 Å². The van der Waals surface area contributed by atoms with Crippen LogP contribution in [0.2, 0.25) is 0 Å². The first-order chi connectivity index (χ1) is 9.74. The monoisotopic (exact) mass is 306 g/mol. The summed E-state index contributed by atoms with van der Waals surface area (Å²) in [7, 11) is 0. The third-order valence-corrected chi connectivity index (χ3v) is 3.90. The Bertz CT molecular complexity index is 581. The van der Waals surface area contributed by atoms with Crippen molar-refractivity contribution in [3.05, 3.63) is 47.8 Å². The summed E-state index contributed by atoms with van der Waals surface area (Å²) < 4.78 is 2.07. The van der Waals surface area contributed by atoms with E-state index in [-0.39, 0.29) is 12.4 Å². The highest BCUT2D eigenvalue weighted by atomic mass is 35.5. The lowest BCUT2D eigenvalue weighted by atomic mass is 10.2. The fourth-order valence-electron chi connectivity index (χ4n) is 2.85. The molecule has 2 heterocycles. The SMILES string of the molecule is Cc1ccccc1-n1nccc1CN1CCN[C@H](C)C1.Cl. The van der Waals surface area contributed by atoms with Gasteiger partial charge in [0.2, 0.25) is 0 Å². The van der Waals surface area contributed by atoms with Crippen molar-refractivity contribution < 1.29 is 0 Å². The number of piperazine rings is 1. The van der Waals surface area contributed by atoms with Crippen LogP contribution in [0.3, 0.4) is 0 Å². The van der Waals surface area contributed by atoms with Crippen LogP contribution in [0.4, 0.5) is 0 Å². The number of nitrogens with zero attached hydrogens (tertiary/aromatic N) is 3. The Kier molecular flexibility index (Phi) is 5.39. The van der Waals surface area contributed by atoms with Gasteiger partial charge in [-0.2, -0.15) is 5.10 Å². The van der Waals surface area contributed by atoms with Crippen LogP contribution in [-0.4, -0.2) is 40.4 Å². The van der Waals surface area contributed by atoms with Gasteiger partial charge >= 0.3 is 0 Å². The largest absolute Gasteiger partial charge is 0.312 e. The van der Waals surface area contributed by atoms with Gasteiger partial charge in [0.25, 0.3) is 0 Å². The molecule has 1 saturated heterocycles. The molecule has 21 heavy (non-hydrogen) atoms. The smallest absolute Gasteiger partial charge is 0.0678 e. The van der Waals surface area contributed by atoms with Gasteiger partial charge in [-0.1, -0.05) is 18.2 Å². The van der Waals surface area contributed by atoms with Crippen molar-refractivity contribution in [3.8, 4) is 5.69 Å². The van der Waals surface area contributed by atoms with Crippen molar-refractivity contribution in [2.75, 3.05) is 19.6 Å². The summed E-state index contributed by atoms with van der Waals surface area (Å²) in [6.45, 7) is 8.60. The maximum atomic E-state index is 4.51. The minimum atomic E-state index is 0. The van der Waals surface area contributed by atoms with Gasteiger partial charge in [-0.25, -0.2) is 4.68 Å². The molecule has 1 aliphatic rings.